The van der Waals surface area contributed by atoms with Crippen molar-refractivity contribution in [2.24, 2.45) is 0 Å². The summed E-state index contributed by atoms with van der Waals surface area (Å²) in [5, 5.41) is 0.475. The number of carbonyl (C=O) groups excluding carboxylic acids is 2. The third-order valence-electron chi connectivity index (χ3n) is 3.58. The summed E-state index contributed by atoms with van der Waals surface area (Å²) in [4.78, 5) is 24.1. The first-order valence-electron chi connectivity index (χ1n) is 7.63. The monoisotopic (exact) mass is 411 g/mol. The minimum Gasteiger partial charge on any atom is -0.495 e. The Kier molecular flexibility index (Phi) is 6.42. The number of nitrogens with one attached hydrogen (secondary N) is 2. The molecule has 10 heteroatoms. The number of nitrogens with zero attached hydrogens (tertiary/aromatic N) is 1. The van der Waals surface area contributed by atoms with Gasteiger partial charge >= 0.3 is 0 Å². The number of methoxy groups -OCH3 is 1. The second-order valence-electron chi connectivity index (χ2n) is 5.57. The average Bonchev–Trinajstić information content (AvgIpc) is 2.65. The van der Waals surface area contributed by atoms with Crippen LogP contribution in [-0.2, 0) is 10.0 Å². The smallest absolute Gasteiger partial charge is 0.269 e. The van der Waals surface area contributed by atoms with Gasteiger partial charge in [0.1, 0.15) is 10.6 Å². The van der Waals surface area contributed by atoms with Crippen LogP contribution in [-0.4, -0.2) is 45.7 Å². The van der Waals surface area contributed by atoms with Crippen LogP contribution in [0, 0.1) is 0 Å². The first kappa shape index (κ1) is 20.7. The lowest BCUT2D eigenvalue weighted by Gasteiger charge is -2.15. The molecule has 2 N–H and O–H groups in total. The number of hydrogen-bond acceptors (Lipinski definition) is 5. The first-order valence-corrected chi connectivity index (χ1v) is 9.45. The average molecular weight is 412 g/mol. The molecule has 144 valence electrons. The van der Waals surface area contributed by atoms with Crippen molar-refractivity contribution in [2.45, 2.75) is 4.90 Å². The van der Waals surface area contributed by atoms with Crippen molar-refractivity contribution in [1.29, 1.82) is 0 Å². The molecule has 0 aliphatic heterocycles. The molecule has 0 atom stereocenters. The molecule has 27 heavy (non-hydrogen) atoms. The van der Waals surface area contributed by atoms with E-state index >= 15 is 0 Å². The highest BCUT2D eigenvalue weighted by Crippen LogP contribution is 2.26. The van der Waals surface area contributed by atoms with Gasteiger partial charge in [-0.25, -0.2) is 12.7 Å². The van der Waals surface area contributed by atoms with Crippen LogP contribution in [0.25, 0.3) is 0 Å². The number of benzene rings is 2. The molecule has 0 aromatic heterocycles. The summed E-state index contributed by atoms with van der Waals surface area (Å²) >= 11 is 5.76. The van der Waals surface area contributed by atoms with Gasteiger partial charge in [-0.1, -0.05) is 11.6 Å². The molecule has 2 aromatic rings. The van der Waals surface area contributed by atoms with Crippen LogP contribution in [0.2, 0.25) is 5.02 Å². The number of halogens is 1. The van der Waals surface area contributed by atoms with Crippen LogP contribution in [0.5, 0.6) is 5.75 Å². The van der Waals surface area contributed by atoms with Gasteiger partial charge in [0.15, 0.2) is 0 Å². The first-order chi connectivity index (χ1) is 12.7. The third-order valence-corrected chi connectivity index (χ3v) is 5.67. The molecule has 0 aliphatic rings. The maximum Gasteiger partial charge on any atom is 0.269 e. The SMILES string of the molecule is COc1ccc(C(=O)NNC(=O)c2ccc(Cl)cc2)cc1S(=O)(=O)N(C)C. The van der Waals surface area contributed by atoms with Crippen molar-refractivity contribution in [3.05, 3.63) is 58.6 Å². The Morgan fingerprint density at radius 2 is 1.48 bits per heavy atom. The Bertz CT molecular complexity index is 959. The van der Waals surface area contributed by atoms with Crippen LogP contribution < -0.4 is 15.6 Å². The van der Waals surface area contributed by atoms with E-state index in [1.54, 1.807) is 12.1 Å². The minimum atomic E-state index is -3.83. The van der Waals surface area contributed by atoms with Gasteiger partial charge in [-0.3, -0.25) is 20.4 Å². The number of sulfonamides is 1. The molecule has 0 bridgehead atoms. The molecular formula is C17H18ClN3O5S. The van der Waals surface area contributed by atoms with Gasteiger partial charge in [0.2, 0.25) is 10.0 Å². The second kappa shape index (κ2) is 8.38. The summed E-state index contributed by atoms with van der Waals surface area (Å²) in [5.74, 6) is -1.13. The largest absolute Gasteiger partial charge is 0.495 e. The Hall–Kier alpha value is -2.62. The Labute approximate surface area is 162 Å². The lowest BCUT2D eigenvalue weighted by atomic mass is 10.2. The molecule has 0 heterocycles. The number of amides is 2. The minimum absolute atomic E-state index is 0.0348. The molecule has 2 rings (SSSR count). The van der Waals surface area contributed by atoms with Gasteiger partial charge in [-0.05, 0) is 42.5 Å². The maximum atomic E-state index is 12.4. The van der Waals surface area contributed by atoms with Crippen LogP contribution in [0.4, 0.5) is 0 Å². The van der Waals surface area contributed by atoms with E-state index in [9.17, 15) is 18.0 Å². The van der Waals surface area contributed by atoms with Crippen LogP contribution in [0.1, 0.15) is 20.7 Å². The predicted octanol–water partition coefficient (Wildman–Crippen LogP) is 1.67. The van der Waals surface area contributed by atoms with E-state index in [1.807, 2.05) is 0 Å². The molecule has 0 fully saturated rings. The second-order valence-corrected chi connectivity index (χ2v) is 8.12. The number of ether oxygens (including phenoxy) is 1. The van der Waals surface area contributed by atoms with E-state index in [0.29, 0.717) is 10.6 Å². The Balaban J connectivity index is 2.19. The molecule has 0 aliphatic carbocycles. The van der Waals surface area contributed by atoms with Crippen LogP contribution >= 0.6 is 11.6 Å². The van der Waals surface area contributed by atoms with Gasteiger partial charge in [-0.2, -0.15) is 0 Å². The third kappa shape index (κ3) is 4.76. The van der Waals surface area contributed by atoms with E-state index in [1.165, 1.54) is 51.5 Å². The summed E-state index contributed by atoms with van der Waals surface area (Å²) in [6.07, 6.45) is 0. The van der Waals surface area contributed by atoms with Crippen LogP contribution in [0.15, 0.2) is 47.4 Å². The Morgan fingerprint density at radius 3 is 2.00 bits per heavy atom. The maximum absolute atomic E-state index is 12.4. The molecule has 0 unspecified atom stereocenters. The normalized spacial score (nSPS) is 11.1. The number of carbonyl (C=O) groups is 2. The molecule has 2 aromatic carbocycles. The highest BCUT2D eigenvalue weighted by Gasteiger charge is 2.24. The van der Waals surface area contributed by atoms with Gasteiger partial charge < -0.3 is 4.74 Å². The zero-order valence-electron chi connectivity index (χ0n) is 14.8. The fourth-order valence-electron chi connectivity index (χ4n) is 2.08. The highest BCUT2D eigenvalue weighted by molar-refractivity contribution is 7.89. The van der Waals surface area contributed by atoms with Crippen molar-refractivity contribution >= 4 is 33.4 Å². The summed E-state index contributed by atoms with van der Waals surface area (Å²) in [7, 11) is 0.242. The van der Waals surface area contributed by atoms with Gasteiger partial charge in [0.25, 0.3) is 11.8 Å². The standard InChI is InChI=1S/C17H18ClN3O5S/c1-21(2)27(24,25)15-10-12(6-9-14(15)26-3)17(23)20-19-16(22)11-4-7-13(18)8-5-11/h4-10H,1-3H3,(H,19,22)(H,20,23). The van der Waals surface area contributed by atoms with E-state index in [4.69, 9.17) is 16.3 Å². The summed E-state index contributed by atoms with van der Waals surface area (Å²) in [6.45, 7) is 0. The van der Waals surface area contributed by atoms with Crippen molar-refractivity contribution in [2.75, 3.05) is 21.2 Å². The predicted molar refractivity (Wildman–Crippen MR) is 100 cm³/mol. The number of hydrogen-bond donors (Lipinski definition) is 2. The Morgan fingerprint density at radius 1 is 0.963 bits per heavy atom. The molecular weight excluding hydrogens is 394 g/mol. The van der Waals surface area contributed by atoms with Crippen molar-refractivity contribution in [3.8, 4) is 5.75 Å². The van der Waals surface area contributed by atoms with Crippen LogP contribution in [0.3, 0.4) is 0 Å². The molecule has 2 amide bonds. The molecule has 0 radical (unpaired) electrons. The fourth-order valence-corrected chi connectivity index (χ4v) is 3.28. The zero-order valence-corrected chi connectivity index (χ0v) is 16.4. The van der Waals surface area contributed by atoms with Gasteiger partial charge in [-0.15, -0.1) is 0 Å². The van der Waals surface area contributed by atoms with E-state index in [-0.39, 0.29) is 16.2 Å². The van der Waals surface area contributed by atoms with Gasteiger partial charge in [0.05, 0.1) is 7.11 Å². The summed E-state index contributed by atoms with van der Waals surface area (Å²) in [6, 6.07) is 10.0. The molecule has 0 saturated heterocycles. The van der Waals surface area contributed by atoms with E-state index in [2.05, 4.69) is 10.9 Å². The molecule has 0 spiro atoms. The van der Waals surface area contributed by atoms with E-state index < -0.39 is 21.8 Å². The zero-order chi connectivity index (χ0) is 20.2. The molecule has 0 saturated carbocycles. The van der Waals surface area contributed by atoms with Crippen molar-refractivity contribution < 1.29 is 22.7 Å². The van der Waals surface area contributed by atoms with E-state index in [0.717, 1.165) is 4.31 Å². The number of rotatable bonds is 5. The highest BCUT2D eigenvalue weighted by atomic mass is 35.5. The quantitative estimate of drug-likeness (QED) is 0.728. The number of hydrazine groups is 1. The fraction of sp³-hybridized carbons (Fsp3) is 0.176. The summed E-state index contributed by atoms with van der Waals surface area (Å²) < 4.78 is 30.9. The van der Waals surface area contributed by atoms with Crippen molar-refractivity contribution in [1.82, 2.24) is 15.2 Å². The topological polar surface area (TPSA) is 105 Å². The lowest BCUT2D eigenvalue weighted by Crippen LogP contribution is -2.41. The molecule has 8 nitrogen and oxygen atoms in total. The lowest BCUT2D eigenvalue weighted by molar-refractivity contribution is 0.0846. The summed E-state index contributed by atoms with van der Waals surface area (Å²) in [5.41, 5.74) is 4.82. The van der Waals surface area contributed by atoms with Crippen molar-refractivity contribution in [3.63, 3.8) is 0 Å². The van der Waals surface area contributed by atoms with Gasteiger partial charge in [0, 0.05) is 30.2 Å².